The van der Waals surface area contributed by atoms with E-state index in [-0.39, 0.29) is 25.1 Å². The maximum Gasteiger partial charge on any atom is 0.234 e. The molecule has 0 fully saturated rings. The van der Waals surface area contributed by atoms with Crippen molar-refractivity contribution in [3.63, 3.8) is 0 Å². The van der Waals surface area contributed by atoms with Crippen molar-refractivity contribution in [2.75, 3.05) is 33.4 Å². The monoisotopic (exact) mass is 300 g/mol. The Bertz CT molecular complexity index is 429. The average Bonchev–Trinajstić information content (AvgIpc) is 2.42. The summed E-state index contributed by atoms with van der Waals surface area (Å²) in [5.74, 6) is 0.584. The molecule has 20 heavy (non-hydrogen) atoms. The number of aliphatic hydroxyl groups excluding tert-OH is 1. The molecule has 0 heterocycles. The van der Waals surface area contributed by atoms with Gasteiger partial charge in [-0.2, -0.15) is 0 Å². The number of amides is 1. The standard InChI is InChI=1S/C14H21ClN2O3/c1-11(10-18)17(2)9-14(19)16-6-7-20-13-5-3-4-12(15)8-13/h3-5,8,11,18H,6-7,9-10H2,1-2H3,(H,16,19). The lowest BCUT2D eigenvalue weighted by Crippen LogP contribution is -2.41. The molecule has 112 valence electrons. The van der Waals surface area contributed by atoms with Gasteiger partial charge in [-0.05, 0) is 32.2 Å². The first-order valence-corrected chi connectivity index (χ1v) is 6.87. The summed E-state index contributed by atoms with van der Waals surface area (Å²) in [6.07, 6.45) is 0. The van der Waals surface area contributed by atoms with Crippen molar-refractivity contribution < 1.29 is 14.6 Å². The predicted molar refractivity (Wildman–Crippen MR) is 79.1 cm³/mol. The van der Waals surface area contributed by atoms with Gasteiger partial charge in [0.05, 0.1) is 19.7 Å². The van der Waals surface area contributed by atoms with Crippen molar-refractivity contribution in [2.45, 2.75) is 13.0 Å². The Morgan fingerprint density at radius 2 is 2.30 bits per heavy atom. The van der Waals surface area contributed by atoms with E-state index < -0.39 is 0 Å². The molecular formula is C14H21ClN2O3. The third kappa shape index (κ3) is 6.23. The number of hydrogen-bond acceptors (Lipinski definition) is 4. The first kappa shape index (κ1) is 16.8. The van der Waals surface area contributed by atoms with Crippen LogP contribution in [0.1, 0.15) is 6.92 Å². The summed E-state index contributed by atoms with van der Waals surface area (Å²) in [4.78, 5) is 13.4. The van der Waals surface area contributed by atoms with Crippen LogP contribution in [-0.2, 0) is 4.79 Å². The number of rotatable bonds is 8. The van der Waals surface area contributed by atoms with Gasteiger partial charge in [0.2, 0.25) is 5.91 Å². The van der Waals surface area contributed by atoms with Crippen LogP contribution in [0.15, 0.2) is 24.3 Å². The fourth-order valence-electron chi connectivity index (χ4n) is 1.49. The van der Waals surface area contributed by atoms with Crippen LogP contribution in [0.5, 0.6) is 5.75 Å². The second-order valence-corrected chi connectivity index (χ2v) is 5.04. The van der Waals surface area contributed by atoms with Crippen LogP contribution in [0.25, 0.3) is 0 Å². The van der Waals surface area contributed by atoms with Gasteiger partial charge in [-0.3, -0.25) is 9.69 Å². The topological polar surface area (TPSA) is 61.8 Å². The van der Waals surface area contributed by atoms with Gasteiger partial charge in [0.1, 0.15) is 12.4 Å². The molecule has 1 amide bonds. The second kappa shape index (κ2) is 8.79. The Hall–Kier alpha value is -1.30. The van der Waals surface area contributed by atoms with Crippen LogP contribution in [-0.4, -0.2) is 55.3 Å². The summed E-state index contributed by atoms with van der Waals surface area (Å²) in [5, 5.41) is 12.4. The van der Waals surface area contributed by atoms with E-state index in [4.69, 9.17) is 21.4 Å². The highest BCUT2D eigenvalue weighted by Gasteiger charge is 2.11. The largest absolute Gasteiger partial charge is 0.492 e. The minimum atomic E-state index is -0.0949. The van der Waals surface area contributed by atoms with Crippen LogP contribution in [0, 0.1) is 0 Å². The van der Waals surface area contributed by atoms with E-state index in [0.29, 0.717) is 23.9 Å². The highest BCUT2D eigenvalue weighted by molar-refractivity contribution is 6.30. The van der Waals surface area contributed by atoms with E-state index in [1.165, 1.54) is 0 Å². The lowest BCUT2D eigenvalue weighted by Gasteiger charge is -2.21. The maximum absolute atomic E-state index is 11.6. The van der Waals surface area contributed by atoms with Crippen molar-refractivity contribution in [1.82, 2.24) is 10.2 Å². The zero-order valence-electron chi connectivity index (χ0n) is 11.8. The zero-order chi connectivity index (χ0) is 15.0. The van der Waals surface area contributed by atoms with Crippen molar-refractivity contribution >= 4 is 17.5 Å². The molecular weight excluding hydrogens is 280 g/mol. The van der Waals surface area contributed by atoms with Crippen molar-refractivity contribution in [1.29, 1.82) is 0 Å². The van der Waals surface area contributed by atoms with E-state index in [1.54, 1.807) is 24.1 Å². The summed E-state index contributed by atoms with van der Waals surface area (Å²) >= 11 is 5.83. The number of hydrogen-bond donors (Lipinski definition) is 2. The molecule has 1 aromatic rings. The van der Waals surface area contributed by atoms with E-state index in [2.05, 4.69) is 5.32 Å². The SMILES string of the molecule is CC(CO)N(C)CC(=O)NCCOc1cccc(Cl)c1. The van der Waals surface area contributed by atoms with E-state index in [9.17, 15) is 4.79 Å². The molecule has 0 aliphatic heterocycles. The molecule has 2 N–H and O–H groups in total. The number of halogens is 1. The van der Waals surface area contributed by atoms with Gasteiger partial charge in [0, 0.05) is 11.1 Å². The van der Waals surface area contributed by atoms with Gasteiger partial charge in [-0.25, -0.2) is 0 Å². The number of carbonyl (C=O) groups excluding carboxylic acids is 1. The number of benzene rings is 1. The van der Waals surface area contributed by atoms with Crippen molar-refractivity contribution in [2.24, 2.45) is 0 Å². The van der Waals surface area contributed by atoms with Crippen LogP contribution >= 0.6 is 11.6 Å². The molecule has 5 nitrogen and oxygen atoms in total. The van der Waals surface area contributed by atoms with Gasteiger partial charge in [-0.15, -0.1) is 0 Å². The molecule has 0 saturated carbocycles. The first-order valence-electron chi connectivity index (χ1n) is 6.49. The fourth-order valence-corrected chi connectivity index (χ4v) is 1.67. The van der Waals surface area contributed by atoms with E-state index in [1.807, 2.05) is 19.1 Å². The highest BCUT2D eigenvalue weighted by atomic mass is 35.5. The Labute approximate surface area is 124 Å². The Kier molecular flexibility index (Phi) is 7.36. The summed E-state index contributed by atoms with van der Waals surface area (Å²) < 4.78 is 5.46. The molecule has 1 atom stereocenters. The molecule has 1 unspecified atom stereocenters. The molecule has 0 saturated heterocycles. The maximum atomic E-state index is 11.6. The number of likely N-dealkylation sites (N-methyl/N-ethyl adjacent to an activating group) is 1. The molecule has 1 aromatic carbocycles. The Balaban J connectivity index is 2.19. The first-order chi connectivity index (χ1) is 9.52. The summed E-state index contributed by atoms with van der Waals surface area (Å²) in [5.41, 5.74) is 0. The molecule has 1 rings (SSSR count). The summed E-state index contributed by atoms with van der Waals surface area (Å²) in [7, 11) is 1.79. The van der Waals surface area contributed by atoms with E-state index in [0.717, 1.165) is 0 Å². The van der Waals surface area contributed by atoms with Crippen LogP contribution in [0.2, 0.25) is 5.02 Å². The number of carbonyl (C=O) groups is 1. The molecule has 0 aromatic heterocycles. The lowest BCUT2D eigenvalue weighted by atomic mass is 10.3. The molecule has 0 aliphatic carbocycles. The van der Waals surface area contributed by atoms with Crippen LogP contribution in [0.4, 0.5) is 0 Å². The Morgan fingerprint density at radius 1 is 1.55 bits per heavy atom. The van der Waals surface area contributed by atoms with Gasteiger partial charge in [0.25, 0.3) is 0 Å². The molecule has 0 radical (unpaired) electrons. The number of nitrogens with one attached hydrogen (secondary N) is 1. The van der Waals surface area contributed by atoms with E-state index >= 15 is 0 Å². The zero-order valence-corrected chi connectivity index (χ0v) is 12.6. The fraction of sp³-hybridized carbons (Fsp3) is 0.500. The Morgan fingerprint density at radius 3 is 2.95 bits per heavy atom. The highest BCUT2D eigenvalue weighted by Crippen LogP contribution is 2.16. The number of nitrogens with zero attached hydrogens (tertiary/aromatic N) is 1. The third-order valence-corrected chi connectivity index (χ3v) is 3.13. The summed E-state index contributed by atoms with van der Waals surface area (Å²) in [6.45, 7) is 2.94. The van der Waals surface area contributed by atoms with Gasteiger partial charge in [-0.1, -0.05) is 17.7 Å². The quantitative estimate of drug-likeness (QED) is 0.707. The third-order valence-electron chi connectivity index (χ3n) is 2.90. The van der Waals surface area contributed by atoms with Crippen molar-refractivity contribution in [3.8, 4) is 5.75 Å². The molecule has 6 heteroatoms. The minimum absolute atomic E-state index is 0.0294. The van der Waals surface area contributed by atoms with Crippen molar-refractivity contribution in [3.05, 3.63) is 29.3 Å². The molecule has 0 spiro atoms. The summed E-state index contributed by atoms with van der Waals surface area (Å²) in [6, 6.07) is 7.07. The van der Waals surface area contributed by atoms with Gasteiger partial charge < -0.3 is 15.2 Å². The van der Waals surface area contributed by atoms with Gasteiger partial charge in [0.15, 0.2) is 0 Å². The average molecular weight is 301 g/mol. The predicted octanol–water partition coefficient (Wildman–Crippen LogP) is 1.15. The molecule has 0 bridgehead atoms. The lowest BCUT2D eigenvalue weighted by molar-refractivity contribution is -0.122. The number of ether oxygens (including phenoxy) is 1. The minimum Gasteiger partial charge on any atom is -0.492 e. The normalized spacial score (nSPS) is 12.2. The second-order valence-electron chi connectivity index (χ2n) is 4.60. The van der Waals surface area contributed by atoms with Crippen LogP contribution in [0.3, 0.4) is 0 Å². The molecule has 0 aliphatic rings. The number of aliphatic hydroxyl groups is 1. The van der Waals surface area contributed by atoms with Crippen LogP contribution < -0.4 is 10.1 Å². The van der Waals surface area contributed by atoms with Gasteiger partial charge >= 0.3 is 0 Å². The smallest absolute Gasteiger partial charge is 0.234 e.